The Labute approximate surface area is 209 Å². The van der Waals surface area contributed by atoms with E-state index in [0.717, 1.165) is 6.26 Å². The predicted molar refractivity (Wildman–Crippen MR) is 130 cm³/mol. The van der Waals surface area contributed by atoms with Crippen LogP contribution in [0.1, 0.15) is 36.0 Å². The first kappa shape index (κ1) is 24.8. The fraction of sp³-hybridized carbons (Fsp3) is 0.417. The van der Waals surface area contributed by atoms with Crippen molar-refractivity contribution < 1.29 is 22.7 Å². The molecule has 2 aromatic rings. The van der Waals surface area contributed by atoms with E-state index in [2.05, 4.69) is 0 Å². The van der Waals surface area contributed by atoms with E-state index in [4.69, 9.17) is 27.9 Å². The van der Waals surface area contributed by atoms with Gasteiger partial charge in [-0.25, -0.2) is 8.42 Å². The second-order valence-corrected chi connectivity index (χ2v) is 11.5. The molecule has 0 aliphatic carbocycles. The van der Waals surface area contributed by atoms with Crippen molar-refractivity contribution in [3.05, 3.63) is 58.1 Å². The normalized spacial score (nSPS) is 19.9. The highest BCUT2D eigenvalue weighted by atomic mass is 35.5. The maximum Gasteiger partial charge on any atom is 0.253 e. The maximum absolute atomic E-state index is 12.9. The summed E-state index contributed by atoms with van der Waals surface area (Å²) in [5, 5.41) is 0.861. The maximum atomic E-state index is 12.9. The number of benzene rings is 2. The molecule has 7 nitrogen and oxygen atoms in total. The number of ether oxygens (including phenoxy) is 1. The molecule has 2 fully saturated rings. The second-order valence-electron chi connectivity index (χ2n) is 8.72. The number of hydrogen-bond donors (Lipinski definition) is 0. The molecule has 4 rings (SSSR count). The predicted octanol–water partition coefficient (Wildman–Crippen LogP) is 4.07. The first-order chi connectivity index (χ1) is 16.1. The molecular weight excluding hydrogens is 499 g/mol. The molecule has 2 saturated heterocycles. The van der Waals surface area contributed by atoms with Gasteiger partial charge in [0, 0.05) is 50.0 Å². The van der Waals surface area contributed by atoms with Crippen LogP contribution in [0.3, 0.4) is 0 Å². The summed E-state index contributed by atoms with van der Waals surface area (Å²) >= 11 is 12.0. The van der Waals surface area contributed by atoms with Crippen LogP contribution in [0.25, 0.3) is 0 Å². The van der Waals surface area contributed by atoms with Crippen molar-refractivity contribution in [2.75, 3.05) is 25.9 Å². The lowest BCUT2D eigenvalue weighted by Crippen LogP contribution is -2.52. The average Bonchev–Trinajstić information content (AvgIpc) is 2.81. The molecule has 34 heavy (non-hydrogen) atoms. The highest BCUT2D eigenvalue weighted by molar-refractivity contribution is 7.90. The summed E-state index contributed by atoms with van der Waals surface area (Å²) in [5.74, 6) is 0.443. The number of rotatable bonds is 5. The highest BCUT2D eigenvalue weighted by Gasteiger charge is 2.34. The number of halogens is 2. The average molecular weight is 525 g/mol. The van der Waals surface area contributed by atoms with Gasteiger partial charge in [-0.2, -0.15) is 0 Å². The van der Waals surface area contributed by atoms with Gasteiger partial charge in [0.1, 0.15) is 11.9 Å². The summed E-state index contributed by atoms with van der Waals surface area (Å²) < 4.78 is 29.6. The van der Waals surface area contributed by atoms with Crippen LogP contribution in [-0.2, 0) is 14.6 Å². The molecule has 0 N–H and O–H groups in total. The molecular formula is C24H26Cl2N2O5S. The van der Waals surface area contributed by atoms with Gasteiger partial charge in [0.05, 0.1) is 21.4 Å². The lowest BCUT2D eigenvalue weighted by molar-refractivity contribution is -0.140. The second kappa shape index (κ2) is 10.1. The first-order valence-electron chi connectivity index (χ1n) is 11.1. The molecule has 0 aromatic heterocycles. The molecule has 10 heteroatoms. The molecule has 2 heterocycles. The molecule has 2 amide bonds. The van der Waals surface area contributed by atoms with Crippen LogP contribution < -0.4 is 4.74 Å². The topological polar surface area (TPSA) is 84.0 Å². The number of carbonyl (C=O) groups excluding carboxylic acids is 2. The summed E-state index contributed by atoms with van der Waals surface area (Å²) in [6, 6.07) is 11.3. The Morgan fingerprint density at radius 3 is 2.38 bits per heavy atom. The van der Waals surface area contributed by atoms with Gasteiger partial charge in [-0.3, -0.25) is 9.59 Å². The Kier molecular flexibility index (Phi) is 7.40. The smallest absolute Gasteiger partial charge is 0.253 e. The summed E-state index contributed by atoms with van der Waals surface area (Å²) in [6.07, 6.45) is 3.27. The van der Waals surface area contributed by atoms with Crippen molar-refractivity contribution in [3.63, 3.8) is 0 Å². The van der Waals surface area contributed by atoms with Crippen molar-refractivity contribution in [2.24, 2.45) is 0 Å². The molecule has 0 radical (unpaired) electrons. The summed E-state index contributed by atoms with van der Waals surface area (Å²) in [6.45, 7) is 1.62. The fourth-order valence-electron chi connectivity index (χ4n) is 4.47. The van der Waals surface area contributed by atoms with Crippen LogP contribution in [0.5, 0.6) is 5.75 Å². The summed E-state index contributed by atoms with van der Waals surface area (Å²) in [4.78, 5) is 29.5. The van der Waals surface area contributed by atoms with Crippen LogP contribution >= 0.6 is 23.2 Å². The Morgan fingerprint density at radius 1 is 1.00 bits per heavy atom. The molecule has 1 atom stereocenters. The number of carbonyl (C=O) groups is 2. The lowest BCUT2D eigenvalue weighted by atomic mass is 9.98. The Balaban J connectivity index is 1.31. The van der Waals surface area contributed by atoms with Gasteiger partial charge in [-0.05, 0) is 43.2 Å². The fourth-order valence-corrected chi connectivity index (χ4v) is 5.43. The zero-order valence-electron chi connectivity index (χ0n) is 18.7. The van der Waals surface area contributed by atoms with E-state index >= 15 is 0 Å². The van der Waals surface area contributed by atoms with Crippen molar-refractivity contribution in [3.8, 4) is 5.75 Å². The molecule has 2 aliphatic rings. The molecule has 182 valence electrons. The quantitative estimate of drug-likeness (QED) is 0.588. The Morgan fingerprint density at radius 2 is 1.74 bits per heavy atom. The highest BCUT2D eigenvalue weighted by Crippen LogP contribution is 2.29. The van der Waals surface area contributed by atoms with E-state index in [1.165, 1.54) is 12.1 Å². The van der Waals surface area contributed by atoms with E-state index in [1.807, 2.05) is 4.90 Å². The SMILES string of the molecule is CS(=O)(=O)c1cccc(C(=O)N2CCC(N3CCC(Oc4ccc(Cl)c(Cl)c4)CC3=O)CC2)c1. The summed E-state index contributed by atoms with van der Waals surface area (Å²) in [5.41, 5.74) is 0.359. The zero-order valence-corrected chi connectivity index (χ0v) is 21.1. The van der Waals surface area contributed by atoms with Gasteiger partial charge in [-0.1, -0.05) is 29.3 Å². The van der Waals surface area contributed by atoms with Crippen LogP contribution in [0, 0.1) is 0 Å². The first-order valence-corrected chi connectivity index (χ1v) is 13.8. The van der Waals surface area contributed by atoms with Crippen molar-refractivity contribution in [2.45, 2.75) is 42.7 Å². The van der Waals surface area contributed by atoms with Crippen LogP contribution in [0.2, 0.25) is 10.0 Å². The van der Waals surface area contributed by atoms with Gasteiger partial charge in [-0.15, -0.1) is 0 Å². The summed E-state index contributed by atoms with van der Waals surface area (Å²) in [7, 11) is -3.39. The number of likely N-dealkylation sites (tertiary alicyclic amines) is 2. The molecule has 1 unspecified atom stereocenters. The largest absolute Gasteiger partial charge is 0.490 e. The third-order valence-corrected chi connectivity index (χ3v) is 8.16. The van der Waals surface area contributed by atoms with E-state index in [9.17, 15) is 18.0 Å². The van der Waals surface area contributed by atoms with Crippen molar-refractivity contribution in [1.29, 1.82) is 0 Å². The Hall–Kier alpha value is -2.29. The third kappa shape index (κ3) is 5.67. The van der Waals surface area contributed by atoms with Crippen molar-refractivity contribution >= 4 is 44.9 Å². The number of amides is 2. The molecule has 0 spiro atoms. The van der Waals surface area contributed by atoms with Crippen LogP contribution in [0.15, 0.2) is 47.4 Å². The van der Waals surface area contributed by atoms with E-state index < -0.39 is 9.84 Å². The number of hydrogen-bond acceptors (Lipinski definition) is 5. The van der Waals surface area contributed by atoms with E-state index in [1.54, 1.807) is 35.2 Å². The van der Waals surface area contributed by atoms with Gasteiger partial charge in [0.2, 0.25) is 5.91 Å². The van der Waals surface area contributed by atoms with Gasteiger partial charge in [0.15, 0.2) is 9.84 Å². The molecule has 0 bridgehead atoms. The van der Waals surface area contributed by atoms with Crippen LogP contribution in [0.4, 0.5) is 0 Å². The minimum Gasteiger partial charge on any atom is -0.490 e. The lowest BCUT2D eigenvalue weighted by Gasteiger charge is -2.41. The Bertz CT molecular complexity index is 1200. The number of sulfone groups is 1. The van der Waals surface area contributed by atoms with E-state index in [0.29, 0.717) is 60.3 Å². The van der Waals surface area contributed by atoms with Crippen LogP contribution in [-0.4, -0.2) is 68.1 Å². The third-order valence-electron chi connectivity index (χ3n) is 6.31. The van der Waals surface area contributed by atoms with Gasteiger partial charge in [0.25, 0.3) is 5.91 Å². The van der Waals surface area contributed by atoms with E-state index in [-0.39, 0.29) is 35.3 Å². The number of piperidine rings is 2. The number of nitrogens with zero attached hydrogens (tertiary/aromatic N) is 2. The van der Waals surface area contributed by atoms with Gasteiger partial charge < -0.3 is 14.5 Å². The molecule has 2 aliphatic heterocycles. The van der Waals surface area contributed by atoms with Crippen molar-refractivity contribution in [1.82, 2.24) is 9.80 Å². The minimum atomic E-state index is -3.39. The van der Waals surface area contributed by atoms with Gasteiger partial charge >= 0.3 is 0 Å². The standard InChI is InChI=1S/C24H26Cl2N2O5S/c1-34(31,32)20-4-2-3-16(13-20)24(30)27-10-7-17(8-11-27)28-12-9-19(15-23(28)29)33-18-5-6-21(25)22(26)14-18/h2-6,13-14,17,19H,7-12,15H2,1H3. The monoisotopic (exact) mass is 524 g/mol. The molecule has 0 saturated carbocycles. The zero-order chi connectivity index (χ0) is 24.5. The minimum absolute atomic E-state index is 0.0435. The molecule has 2 aromatic carbocycles.